The van der Waals surface area contributed by atoms with Crippen LogP contribution in [0.1, 0.15) is 18.4 Å². The van der Waals surface area contributed by atoms with Crippen LogP contribution in [0.4, 0.5) is 13.2 Å². The molecule has 1 nitrogen and oxygen atoms in total. The summed E-state index contributed by atoms with van der Waals surface area (Å²) in [5.41, 5.74) is 0.0739. The van der Waals surface area contributed by atoms with Crippen LogP contribution in [0.2, 0.25) is 5.02 Å². The molecule has 0 N–H and O–H groups in total. The molecule has 19 heavy (non-hydrogen) atoms. The standard InChI is InChI=1S/C14H14ClF3O/c15-11-4-1-9(2-5-11)7-10-3-6-12(14(16,17)18)13(10)8-19-13/h1-2,4-5,10,12H,3,6-8H2. The van der Waals surface area contributed by atoms with Gasteiger partial charge in [-0.05, 0) is 42.9 Å². The van der Waals surface area contributed by atoms with Crippen LogP contribution in [0, 0.1) is 11.8 Å². The van der Waals surface area contributed by atoms with E-state index in [2.05, 4.69) is 0 Å². The van der Waals surface area contributed by atoms with Gasteiger partial charge in [-0.2, -0.15) is 13.2 Å². The van der Waals surface area contributed by atoms with Crippen molar-refractivity contribution in [3.63, 3.8) is 0 Å². The van der Waals surface area contributed by atoms with E-state index in [9.17, 15) is 13.2 Å². The van der Waals surface area contributed by atoms with Gasteiger partial charge in [0.2, 0.25) is 0 Å². The van der Waals surface area contributed by atoms with Crippen LogP contribution >= 0.6 is 11.6 Å². The normalized spacial score (nSPS) is 33.9. The number of benzene rings is 1. The quantitative estimate of drug-likeness (QED) is 0.742. The third-order valence-corrected chi connectivity index (χ3v) is 4.60. The van der Waals surface area contributed by atoms with Crippen LogP contribution < -0.4 is 0 Å². The number of hydrogen-bond donors (Lipinski definition) is 0. The molecule has 1 aliphatic heterocycles. The lowest BCUT2D eigenvalue weighted by Crippen LogP contribution is -2.36. The summed E-state index contributed by atoms with van der Waals surface area (Å²) in [6.07, 6.45) is -2.76. The first-order valence-electron chi connectivity index (χ1n) is 6.37. The fourth-order valence-electron chi connectivity index (χ4n) is 3.28. The highest BCUT2D eigenvalue weighted by Gasteiger charge is 2.68. The summed E-state index contributed by atoms with van der Waals surface area (Å²) in [5.74, 6) is -1.34. The summed E-state index contributed by atoms with van der Waals surface area (Å²) in [6, 6.07) is 7.29. The van der Waals surface area contributed by atoms with E-state index in [1.807, 2.05) is 12.1 Å². The minimum atomic E-state index is -4.15. The van der Waals surface area contributed by atoms with Gasteiger partial charge >= 0.3 is 6.18 Å². The Bertz CT molecular complexity index is 465. The average molecular weight is 291 g/mol. The molecule has 0 aromatic heterocycles. The molecular formula is C14H14ClF3O. The van der Waals surface area contributed by atoms with Crippen LogP contribution in [0.25, 0.3) is 0 Å². The zero-order valence-corrected chi connectivity index (χ0v) is 11.0. The summed E-state index contributed by atoms with van der Waals surface area (Å²) >= 11 is 5.81. The van der Waals surface area contributed by atoms with E-state index in [0.717, 1.165) is 5.56 Å². The molecule has 104 valence electrons. The second-order valence-corrected chi connectivity index (χ2v) is 5.88. The van der Waals surface area contributed by atoms with Crippen LogP contribution in [0.3, 0.4) is 0 Å². The highest BCUT2D eigenvalue weighted by atomic mass is 35.5. The number of epoxide rings is 1. The van der Waals surface area contributed by atoms with Gasteiger partial charge in [0.15, 0.2) is 0 Å². The predicted octanol–water partition coefficient (Wildman–Crippen LogP) is 4.24. The summed E-state index contributed by atoms with van der Waals surface area (Å²) in [4.78, 5) is 0. The number of rotatable bonds is 2. The average Bonchev–Trinajstić information content (AvgIpc) is 3.01. The molecule has 1 spiro atoms. The second kappa shape index (κ2) is 4.38. The molecule has 2 aliphatic rings. The molecule has 5 heteroatoms. The highest BCUT2D eigenvalue weighted by Crippen LogP contribution is 2.58. The van der Waals surface area contributed by atoms with Gasteiger partial charge in [-0.1, -0.05) is 23.7 Å². The van der Waals surface area contributed by atoms with Crippen LogP contribution in [0.15, 0.2) is 24.3 Å². The Balaban J connectivity index is 1.75. The maximum atomic E-state index is 13.0. The first-order valence-corrected chi connectivity index (χ1v) is 6.75. The van der Waals surface area contributed by atoms with Gasteiger partial charge < -0.3 is 4.74 Å². The zero-order valence-electron chi connectivity index (χ0n) is 10.2. The first kappa shape index (κ1) is 13.3. The molecule has 3 rings (SSSR count). The van der Waals surface area contributed by atoms with E-state index < -0.39 is 17.7 Å². The fourth-order valence-corrected chi connectivity index (χ4v) is 3.41. The summed E-state index contributed by atoms with van der Waals surface area (Å²) < 4.78 is 44.2. The van der Waals surface area contributed by atoms with Crippen molar-refractivity contribution in [1.82, 2.24) is 0 Å². The lowest BCUT2D eigenvalue weighted by Gasteiger charge is -2.23. The number of halogens is 4. The smallest absolute Gasteiger partial charge is 0.369 e. The molecule has 3 unspecified atom stereocenters. The molecule has 0 radical (unpaired) electrons. The van der Waals surface area contributed by atoms with Gasteiger partial charge in [0.1, 0.15) is 5.60 Å². The van der Waals surface area contributed by atoms with Gasteiger partial charge in [0.05, 0.1) is 12.5 Å². The Kier molecular flexibility index (Phi) is 3.06. The molecule has 0 bridgehead atoms. The maximum Gasteiger partial charge on any atom is 0.394 e. The third-order valence-electron chi connectivity index (χ3n) is 4.35. The van der Waals surface area contributed by atoms with Gasteiger partial charge in [0, 0.05) is 5.02 Å². The molecular weight excluding hydrogens is 277 g/mol. The highest BCUT2D eigenvalue weighted by molar-refractivity contribution is 6.30. The lowest BCUT2D eigenvalue weighted by atomic mass is 9.85. The maximum absolute atomic E-state index is 13.0. The Morgan fingerprint density at radius 2 is 1.84 bits per heavy atom. The second-order valence-electron chi connectivity index (χ2n) is 5.44. The summed E-state index contributed by atoms with van der Waals surface area (Å²) in [7, 11) is 0. The third kappa shape index (κ3) is 2.36. The summed E-state index contributed by atoms with van der Waals surface area (Å²) in [6.45, 7) is 0.245. The minimum Gasteiger partial charge on any atom is -0.369 e. The van der Waals surface area contributed by atoms with Crippen molar-refractivity contribution < 1.29 is 17.9 Å². The van der Waals surface area contributed by atoms with E-state index >= 15 is 0 Å². The van der Waals surface area contributed by atoms with Crippen molar-refractivity contribution in [3.8, 4) is 0 Å². The Hall–Kier alpha value is -0.740. The van der Waals surface area contributed by atoms with Crippen molar-refractivity contribution in [2.45, 2.75) is 31.0 Å². The molecule has 1 heterocycles. The predicted molar refractivity (Wildman–Crippen MR) is 66.1 cm³/mol. The molecule has 0 amide bonds. The number of ether oxygens (including phenoxy) is 1. The van der Waals surface area contributed by atoms with Crippen molar-refractivity contribution in [1.29, 1.82) is 0 Å². The topological polar surface area (TPSA) is 12.5 Å². The Morgan fingerprint density at radius 1 is 1.21 bits per heavy atom. The lowest BCUT2D eigenvalue weighted by molar-refractivity contribution is -0.188. The molecule has 1 aromatic rings. The Morgan fingerprint density at radius 3 is 2.37 bits per heavy atom. The molecule has 3 atom stereocenters. The molecule has 1 aliphatic carbocycles. The SMILES string of the molecule is FC(F)(F)C1CCC(Cc2ccc(Cl)cc2)C12CO2. The Labute approximate surface area is 114 Å². The van der Waals surface area contributed by atoms with Crippen molar-refractivity contribution in [2.24, 2.45) is 11.8 Å². The van der Waals surface area contributed by atoms with Crippen molar-refractivity contribution in [2.75, 3.05) is 6.61 Å². The van der Waals surface area contributed by atoms with E-state index in [1.165, 1.54) is 0 Å². The van der Waals surface area contributed by atoms with Gasteiger partial charge in [-0.3, -0.25) is 0 Å². The molecule has 1 saturated heterocycles. The van der Waals surface area contributed by atoms with Crippen molar-refractivity contribution >= 4 is 11.6 Å². The van der Waals surface area contributed by atoms with Crippen molar-refractivity contribution in [3.05, 3.63) is 34.9 Å². The van der Waals surface area contributed by atoms with E-state index in [4.69, 9.17) is 16.3 Å². The van der Waals surface area contributed by atoms with Crippen LogP contribution in [-0.4, -0.2) is 18.4 Å². The first-order chi connectivity index (χ1) is 8.92. The number of hydrogen-bond acceptors (Lipinski definition) is 1. The molecule has 1 saturated carbocycles. The zero-order chi connectivity index (χ0) is 13.7. The van der Waals surface area contributed by atoms with E-state index in [0.29, 0.717) is 17.9 Å². The minimum absolute atomic E-state index is 0.0414. The van der Waals surface area contributed by atoms with Gasteiger partial charge in [0.25, 0.3) is 0 Å². The monoisotopic (exact) mass is 290 g/mol. The summed E-state index contributed by atoms with van der Waals surface area (Å²) in [5, 5.41) is 0.640. The fraction of sp³-hybridized carbons (Fsp3) is 0.571. The van der Waals surface area contributed by atoms with Gasteiger partial charge in [-0.15, -0.1) is 0 Å². The van der Waals surface area contributed by atoms with Crippen LogP contribution in [0.5, 0.6) is 0 Å². The molecule has 1 aromatic carbocycles. The number of alkyl halides is 3. The van der Waals surface area contributed by atoms with E-state index in [-0.39, 0.29) is 18.9 Å². The molecule has 2 fully saturated rings. The largest absolute Gasteiger partial charge is 0.394 e. The van der Waals surface area contributed by atoms with Gasteiger partial charge in [-0.25, -0.2) is 0 Å². The van der Waals surface area contributed by atoms with Crippen LogP contribution in [-0.2, 0) is 11.2 Å². The van der Waals surface area contributed by atoms with E-state index in [1.54, 1.807) is 12.1 Å².